The minimum atomic E-state index is -0.882. The summed E-state index contributed by atoms with van der Waals surface area (Å²) in [4.78, 5) is 11.6. The smallest absolute Gasteiger partial charge is 0.243 e. The van der Waals surface area contributed by atoms with Crippen molar-refractivity contribution in [1.82, 2.24) is 0 Å². The maximum absolute atomic E-state index is 11.6. The van der Waals surface area contributed by atoms with Gasteiger partial charge in [0, 0.05) is 5.69 Å². The number of amides is 1. The molecule has 0 atom stereocenters. The number of ether oxygens (including phenoxy) is 1. The molecule has 0 unspecified atom stereocenters. The average molecular weight is 236 g/mol. The summed E-state index contributed by atoms with van der Waals surface area (Å²) < 4.78 is 5.50. The SMILES string of the molecule is CC(C)Oc1ccc(NC(=O)C(C)(C)N)cc1. The number of hydrogen-bond acceptors (Lipinski definition) is 3. The third-order valence-electron chi connectivity index (χ3n) is 2.07. The molecule has 0 bridgehead atoms. The largest absolute Gasteiger partial charge is 0.491 e. The van der Waals surface area contributed by atoms with Crippen molar-refractivity contribution >= 4 is 11.6 Å². The molecule has 0 aliphatic rings. The lowest BCUT2D eigenvalue weighted by Crippen LogP contribution is -2.45. The summed E-state index contributed by atoms with van der Waals surface area (Å²) in [6.07, 6.45) is 0.137. The summed E-state index contributed by atoms with van der Waals surface area (Å²) in [6.45, 7) is 7.26. The Hall–Kier alpha value is -1.55. The fourth-order valence-corrected chi connectivity index (χ4v) is 1.18. The highest BCUT2D eigenvalue weighted by Crippen LogP contribution is 2.17. The van der Waals surface area contributed by atoms with Gasteiger partial charge in [0.1, 0.15) is 5.75 Å². The van der Waals surface area contributed by atoms with Crippen molar-refractivity contribution in [2.45, 2.75) is 39.3 Å². The molecule has 0 radical (unpaired) electrons. The van der Waals surface area contributed by atoms with E-state index in [0.29, 0.717) is 5.69 Å². The van der Waals surface area contributed by atoms with Crippen molar-refractivity contribution in [1.29, 1.82) is 0 Å². The first-order chi connectivity index (χ1) is 7.79. The Labute approximate surface area is 102 Å². The molecule has 1 aromatic carbocycles. The second-order valence-corrected chi connectivity index (χ2v) is 4.87. The molecule has 4 heteroatoms. The molecule has 4 nitrogen and oxygen atoms in total. The molecule has 3 N–H and O–H groups in total. The molecule has 17 heavy (non-hydrogen) atoms. The molecular formula is C13H20N2O2. The predicted molar refractivity (Wildman–Crippen MR) is 69.1 cm³/mol. The minimum absolute atomic E-state index is 0.137. The average Bonchev–Trinajstić information content (AvgIpc) is 2.18. The van der Waals surface area contributed by atoms with Gasteiger partial charge in [0.25, 0.3) is 0 Å². The summed E-state index contributed by atoms with van der Waals surface area (Å²) in [6, 6.07) is 7.22. The van der Waals surface area contributed by atoms with E-state index in [9.17, 15) is 4.79 Å². The lowest BCUT2D eigenvalue weighted by atomic mass is 10.1. The van der Waals surface area contributed by atoms with Crippen LogP contribution in [0.15, 0.2) is 24.3 Å². The highest BCUT2D eigenvalue weighted by atomic mass is 16.5. The predicted octanol–water partition coefficient (Wildman–Crippen LogP) is 2.15. The lowest BCUT2D eigenvalue weighted by Gasteiger charge is -2.18. The topological polar surface area (TPSA) is 64.3 Å². The van der Waals surface area contributed by atoms with Gasteiger partial charge >= 0.3 is 0 Å². The molecule has 0 saturated carbocycles. The van der Waals surface area contributed by atoms with Gasteiger partial charge in [-0.2, -0.15) is 0 Å². The van der Waals surface area contributed by atoms with Gasteiger partial charge in [-0.3, -0.25) is 4.79 Å². The molecular weight excluding hydrogens is 216 g/mol. The number of rotatable bonds is 4. The second kappa shape index (κ2) is 5.19. The summed E-state index contributed by atoms with van der Waals surface area (Å²) in [5.41, 5.74) is 5.52. The van der Waals surface area contributed by atoms with E-state index in [1.807, 2.05) is 26.0 Å². The van der Waals surface area contributed by atoms with Gasteiger partial charge in [0.05, 0.1) is 11.6 Å². The molecule has 0 aromatic heterocycles. The number of nitrogens with two attached hydrogens (primary N) is 1. The maximum atomic E-state index is 11.6. The Morgan fingerprint density at radius 3 is 2.24 bits per heavy atom. The number of hydrogen-bond donors (Lipinski definition) is 2. The third kappa shape index (κ3) is 4.44. The van der Waals surface area contributed by atoms with Gasteiger partial charge in [-0.15, -0.1) is 0 Å². The van der Waals surface area contributed by atoms with Gasteiger partial charge < -0.3 is 15.8 Å². The van der Waals surface area contributed by atoms with Crippen LogP contribution in [-0.4, -0.2) is 17.6 Å². The van der Waals surface area contributed by atoms with Crippen LogP contribution in [0.5, 0.6) is 5.75 Å². The van der Waals surface area contributed by atoms with Gasteiger partial charge in [0.2, 0.25) is 5.91 Å². The fourth-order valence-electron chi connectivity index (χ4n) is 1.18. The van der Waals surface area contributed by atoms with Gasteiger partial charge in [-0.25, -0.2) is 0 Å². The van der Waals surface area contributed by atoms with Crippen molar-refractivity contribution in [2.75, 3.05) is 5.32 Å². The van der Waals surface area contributed by atoms with E-state index in [4.69, 9.17) is 10.5 Å². The van der Waals surface area contributed by atoms with E-state index in [-0.39, 0.29) is 12.0 Å². The van der Waals surface area contributed by atoms with Crippen LogP contribution in [0.4, 0.5) is 5.69 Å². The number of anilines is 1. The van der Waals surface area contributed by atoms with Crippen molar-refractivity contribution in [2.24, 2.45) is 5.73 Å². The fraction of sp³-hybridized carbons (Fsp3) is 0.462. The van der Waals surface area contributed by atoms with Crippen LogP contribution in [0.3, 0.4) is 0 Å². The molecule has 0 fully saturated rings. The highest BCUT2D eigenvalue weighted by molar-refractivity contribution is 5.97. The van der Waals surface area contributed by atoms with Gasteiger partial charge in [-0.05, 0) is 52.0 Å². The quantitative estimate of drug-likeness (QED) is 0.842. The summed E-state index contributed by atoms with van der Waals surface area (Å²) >= 11 is 0. The minimum Gasteiger partial charge on any atom is -0.491 e. The van der Waals surface area contributed by atoms with Crippen LogP contribution in [0.25, 0.3) is 0 Å². The van der Waals surface area contributed by atoms with E-state index in [0.717, 1.165) is 5.75 Å². The molecule has 1 amide bonds. The van der Waals surface area contributed by atoms with E-state index in [1.54, 1.807) is 26.0 Å². The van der Waals surface area contributed by atoms with Crippen LogP contribution in [-0.2, 0) is 4.79 Å². The highest BCUT2D eigenvalue weighted by Gasteiger charge is 2.21. The van der Waals surface area contributed by atoms with Crippen LogP contribution in [0.1, 0.15) is 27.7 Å². The van der Waals surface area contributed by atoms with E-state index in [1.165, 1.54) is 0 Å². The summed E-state index contributed by atoms with van der Waals surface area (Å²) in [5.74, 6) is 0.569. The number of benzene rings is 1. The Bertz CT molecular complexity index is 377. The molecule has 0 aliphatic carbocycles. The first-order valence-electron chi connectivity index (χ1n) is 5.66. The Morgan fingerprint density at radius 2 is 1.82 bits per heavy atom. The standard InChI is InChI=1S/C13H20N2O2/c1-9(2)17-11-7-5-10(6-8-11)15-12(16)13(3,4)14/h5-9H,14H2,1-4H3,(H,15,16). The normalized spacial score (nSPS) is 11.4. The summed E-state index contributed by atoms with van der Waals surface area (Å²) in [5, 5.41) is 2.74. The first kappa shape index (κ1) is 13.5. The molecule has 0 spiro atoms. The molecule has 1 aromatic rings. The van der Waals surface area contributed by atoms with Crippen molar-refractivity contribution in [3.8, 4) is 5.75 Å². The van der Waals surface area contributed by atoms with Crippen LogP contribution in [0.2, 0.25) is 0 Å². The zero-order valence-electron chi connectivity index (χ0n) is 10.8. The van der Waals surface area contributed by atoms with E-state index in [2.05, 4.69) is 5.32 Å². The number of nitrogens with one attached hydrogen (secondary N) is 1. The number of carbonyl (C=O) groups excluding carboxylic acids is 1. The van der Waals surface area contributed by atoms with Gasteiger partial charge in [-0.1, -0.05) is 0 Å². The van der Waals surface area contributed by atoms with E-state index >= 15 is 0 Å². The van der Waals surface area contributed by atoms with Crippen LogP contribution in [0, 0.1) is 0 Å². The lowest BCUT2D eigenvalue weighted by molar-refractivity contribution is -0.120. The maximum Gasteiger partial charge on any atom is 0.243 e. The zero-order chi connectivity index (χ0) is 13.1. The van der Waals surface area contributed by atoms with Crippen molar-refractivity contribution in [3.63, 3.8) is 0 Å². The van der Waals surface area contributed by atoms with Crippen molar-refractivity contribution < 1.29 is 9.53 Å². The van der Waals surface area contributed by atoms with Gasteiger partial charge in [0.15, 0.2) is 0 Å². The molecule has 0 saturated heterocycles. The number of carbonyl (C=O) groups is 1. The Kier molecular flexibility index (Phi) is 4.12. The molecule has 0 heterocycles. The second-order valence-electron chi connectivity index (χ2n) is 4.87. The third-order valence-corrected chi connectivity index (χ3v) is 2.07. The van der Waals surface area contributed by atoms with Crippen molar-refractivity contribution in [3.05, 3.63) is 24.3 Å². The van der Waals surface area contributed by atoms with Crippen LogP contribution >= 0.6 is 0 Å². The molecule has 1 rings (SSSR count). The first-order valence-corrected chi connectivity index (χ1v) is 5.66. The monoisotopic (exact) mass is 236 g/mol. The Balaban J connectivity index is 2.66. The van der Waals surface area contributed by atoms with Crippen LogP contribution < -0.4 is 15.8 Å². The summed E-state index contributed by atoms with van der Waals surface area (Å²) in [7, 11) is 0. The molecule has 0 aliphatic heterocycles. The zero-order valence-corrected chi connectivity index (χ0v) is 10.8. The Morgan fingerprint density at radius 1 is 1.29 bits per heavy atom. The van der Waals surface area contributed by atoms with E-state index < -0.39 is 5.54 Å². The molecule has 94 valence electrons.